The van der Waals surface area contributed by atoms with Crippen LogP contribution in [0.1, 0.15) is 30.5 Å². The molecule has 31 heavy (non-hydrogen) atoms. The van der Waals surface area contributed by atoms with Crippen molar-refractivity contribution in [3.63, 3.8) is 0 Å². The van der Waals surface area contributed by atoms with Crippen LogP contribution >= 0.6 is 0 Å². The van der Waals surface area contributed by atoms with Gasteiger partial charge in [-0.05, 0) is 29.3 Å². The van der Waals surface area contributed by atoms with Gasteiger partial charge in [0.15, 0.2) is 6.21 Å². The SMILES string of the molecule is CC(C)(c1ccccc1)c1cccc2c1N(c1ccccc1)C[N+](c1ccccc1)=C2. The van der Waals surface area contributed by atoms with Gasteiger partial charge < -0.3 is 0 Å². The Hall–Kier alpha value is -3.65. The number of para-hydroxylation sites is 3. The molecule has 4 aromatic carbocycles. The Balaban J connectivity index is 1.73. The average molecular weight is 404 g/mol. The first-order valence-electron chi connectivity index (χ1n) is 10.8. The lowest BCUT2D eigenvalue weighted by atomic mass is 9.76. The second-order valence-electron chi connectivity index (χ2n) is 8.57. The van der Waals surface area contributed by atoms with E-state index < -0.39 is 0 Å². The van der Waals surface area contributed by atoms with E-state index in [2.05, 4.69) is 139 Å². The van der Waals surface area contributed by atoms with E-state index in [1.54, 1.807) is 0 Å². The van der Waals surface area contributed by atoms with Gasteiger partial charge in [0.2, 0.25) is 12.4 Å². The fraction of sp³-hybridized carbons (Fsp3) is 0.138. The van der Waals surface area contributed by atoms with E-state index in [0.29, 0.717) is 0 Å². The highest BCUT2D eigenvalue weighted by molar-refractivity contribution is 5.91. The Kier molecular flexibility index (Phi) is 4.91. The Morgan fingerprint density at radius 3 is 1.97 bits per heavy atom. The number of fused-ring (bicyclic) bond motifs is 1. The van der Waals surface area contributed by atoms with Crippen molar-refractivity contribution in [2.45, 2.75) is 19.3 Å². The van der Waals surface area contributed by atoms with E-state index in [0.717, 1.165) is 6.67 Å². The van der Waals surface area contributed by atoms with Gasteiger partial charge in [-0.25, -0.2) is 0 Å². The molecule has 4 aromatic rings. The van der Waals surface area contributed by atoms with Crippen molar-refractivity contribution < 1.29 is 4.58 Å². The van der Waals surface area contributed by atoms with Crippen molar-refractivity contribution in [1.82, 2.24) is 0 Å². The second kappa shape index (κ2) is 7.88. The smallest absolute Gasteiger partial charge is 0.228 e. The number of hydrogen-bond donors (Lipinski definition) is 0. The van der Waals surface area contributed by atoms with Gasteiger partial charge in [0.25, 0.3) is 0 Å². The topological polar surface area (TPSA) is 6.25 Å². The van der Waals surface area contributed by atoms with Gasteiger partial charge in [-0.2, -0.15) is 4.58 Å². The summed E-state index contributed by atoms with van der Waals surface area (Å²) in [7, 11) is 0. The van der Waals surface area contributed by atoms with Gasteiger partial charge in [0, 0.05) is 23.2 Å². The van der Waals surface area contributed by atoms with E-state index in [1.165, 1.54) is 33.8 Å². The molecule has 0 unspecified atom stereocenters. The number of hydrogen-bond acceptors (Lipinski definition) is 1. The second-order valence-corrected chi connectivity index (χ2v) is 8.57. The van der Waals surface area contributed by atoms with E-state index in [9.17, 15) is 0 Å². The predicted octanol–water partition coefficient (Wildman–Crippen LogP) is 6.88. The molecule has 0 fully saturated rings. The highest BCUT2D eigenvalue weighted by Gasteiger charge is 2.34. The summed E-state index contributed by atoms with van der Waals surface area (Å²) < 4.78 is 2.33. The monoisotopic (exact) mass is 403 g/mol. The van der Waals surface area contributed by atoms with Crippen LogP contribution in [0.2, 0.25) is 0 Å². The molecule has 0 radical (unpaired) electrons. The van der Waals surface area contributed by atoms with Crippen molar-refractivity contribution in [1.29, 1.82) is 0 Å². The first-order chi connectivity index (χ1) is 15.1. The van der Waals surface area contributed by atoms with Crippen LogP contribution in [-0.2, 0) is 5.41 Å². The first-order valence-corrected chi connectivity index (χ1v) is 10.8. The van der Waals surface area contributed by atoms with E-state index in [-0.39, 0.29) is 5.41 Å². The molecule has 2 nitrogen and oxygen atoms in total. The molecule has 152 valence electrons. The summed E-state index contributed by atoms with van der Waals surface area (Å²) in [6, 6.07) is 38.8. The van der Waals surface area contributed by atoms with Crippen molar-refractivity contribution in [2.24, 2.45) is 0 Å². The number of nitrogens with zero attached hydrogens (tertiary/aromatic N) is 2. The van der Waals surface area contributed by atoms with Crippen molar-refractivity contribution in [3.05, 3.63) is 126 Å². The molecule has 0 N–H and O–H groups in total. The van der Waals surface area contributed by atoms with Crippen molar-refractivity contribution >= 4 is 23.3 Å². The Labute approximate surface area is 184 Å². The number of benzene rings is 4. The van der Waals surface area contributed by atoms with Gasteiger partial charge in [-0.3, -0.25) is 4.90 Å². The number of anilines is 2. The molecule has 1 aliphatic heterocycles. The van der Waals surface area contributed by atoms with Gasteiger partial charge in [-0.1, -0.05) is 92.7 Å². The fourth-order valence-corrected chi connectivity index (χ4v) is 4.51. The summed E-state index contributed by atoms with van der Waals surface area (Å²) in [5.41, 5.74) is 7.46. The van der Waals surface area contributed by atoms with Gasteiger partial charge in [-0.15, -0.1) is 0 Å². The van der Waals surface area contributed by atoms with E-state index in [1.807, 2.05) is 0 Å². The summed E-state index contributed by atoms with van der Waals surface area (Å²) in [6.45, 7) is 5.41. The van der Waals surface area contributed by atoms with Gasteiger partial charge >= 0.3 is 0 Å². The van der Waals surface area contributed by atoms with E-state index >= 15 is 0 Å². The Morgan fingerprint density at radius 2 is 1.29 bits per heavy atom. The Bertz CT molecular complexity index is 1210. The molecule has 1 heterocycles. The van der Waals surface area contributed by atoms with Crippen LogP contribution in [0.5, 0.6) is 0 Å². The molecule has 0 saturated carbocycles. The fourth-order valence-electron chi connectivity index (χ4n) is 4.51. The largest absolute Gasteiger partial charge is 0.285 e. The molecular formula is C29H27N2+. The third kappa shape index (κ3) is 3.55. The molecule has 0 saturated heterocycles. The lowest BCUT2D eigenvalue weighted by Gasteiger charge is -2.35. The highest BCUT2D eigenvalue weighted by Crippen LogP contribution is 2.42. The van der Waals surface area contributed by atoms with Crippen LogP contribution in [-0.4, -0.2) is 17.5 Å². The molecular weight excluding hydrogens is 376 g/mol. The molecule has 0 spiro atoms. The van der Waals surface area contributed by atoms with Crippen molar-refractivity contribution in [2.75, 3.05) is 11.6 Å². The van der Waals surface area contributed by atoms with E-state index in [4.69, 9.17) is 0 Å². The molecule has 0 atom stereocenters. The minimum absolute atomic E-state index is 0.123. The maximum Gasteiger partial charge on any atom is 0.228 e. The van der Waals surface area contributed by atoms with Gasteiger partial charge in [0.05, 0.1) is 11.3 Å². The predicted molar refractivity (Wildman–Crippen MR) is 130 cm³/mol. The molecule has 0 bridgehead atoms. The van der Waals surface area contributed by atoms with Crippen molar-refractivity contribution in [3.8, 4) is 0 Å². The standard InChI is InChI=1S/C29H27N2/c1-29(2,24-14-6-3-7-15-24)27-20-12-13-23-21-30(25-16-8-4-9-17-25)22-31(28(23)27)26-18-10-5-11-19-26/h3-21H,22H2,1-2H3/q+1. The third-order valence-corrected chi connectivity index (χ3v) is 6.25. The van der Waals surface area contributed by atoms with Crippen LogP contribution < -0.4 is 4.90 Å². The van der Waals surface area contributed by atoms with Crippen LogP contribution in [0.15, 0.2) is 109 Å². The first kappa shape index (κ1) is 19.3. The minimum atomic E-state index is -0.123. The zero-order valence-corrected chi connectivity index (χ0v) is 18.1. The molecule has 5 rings (SSSR count). The summed E-state index contributed by atoms with van der Waals surface area (Å²) >= 11 is 0. The molecule has 1 aliphatic rings. The third-order valence-electron chi connectivity index (χ3n) is 6.25. The molecule has 0 aliphatic carbocycles. The van der Waals surface area contributed by atoms with Crippen LogP contribution in [0.4, 0.5) is 17.1 Å². The zero-order valence-electron chi connectivity index (χ0n) is 18.1. The maximum atomic E-state index is 2.45. The average Bonchev–Trinajstić information content (AvgIpc) is 2.84. The maximum absolute atomic E-state index is 2.45. The summed E-state index contributed by atoms with van der Waals surface area (Å²) in [4.78, 5) is 2.45. The number of rotatable bonds is 4. The van der Waals surface area contributed by atoms with Crippen LogP contribution in [0.3, 0.4) is 0 Å². The lowest BCUT2D eigenvalue weighted by molar-refractivity contribution is -0.434. The minimum Gasteiger partial charge on any atom is -0.285 e. The molecule has 0 amide bonds. The quantitative estimate of drug-likeness (QED) is 0.336. The van der Waals surface area contributed by atoms with Crippen LogP contribution in [0, 0.1) is 0 Å². The normalized spacial score (nSPS) is 13.5. The summed E-state index contributed by atoms with van der Waals surface area (Å²) in [5, 5.41) is 0. The molecule has 0 aromatic heterocycles. The highest BCUT2D eigenvalue weighted by atomic mass is 15.3. The molecule has 2 heteroatoms. The van der Waals surface area contributed by atoms with Gasteiger partial charge in [0.1, 0.15) is 0 Å². The van der Waals surface area contributed by atoms with Crippen LogP contribution in [0.25, 0.3) is 0 Å². The Morgan fingerprint density at radius 1 is 0.677 bits per heavy atom. The summed E-state index contributed by atoms with van der Waals surface area (Å²) in [6.07, 6.45) is 2.29. The zero-order chi connectivity index (χ0) is 21.3. The lowest BCUT2D eigenvalue weighted by Crippen LogP contribution is -2.35. The summed E-state index contributed by atoms with van der Waals surface area (Å²) in [5.74, 6) is 0.